The first-order valence-electron chi connectivity index (χ1n) is 8.98. The Balaban J connectivity index is 1.28. The lowest BCUT2D eigenvalue weighted by Gasteiger charge is -2.56. The van der Waals surface area contributed by atoms with Crippen LogP contribution in [0.3, 0.4) is 0 Å². The third kappa shape index (κ3) is 2.78. The highest BCUT2D eigenvalue weighted by atomic mass is 16.3. The van der Waals surface area contributed by atoms with Crippen molar-refractivity contribution >= 4 is 6.03 Å². The van der Waals surface area contributed by atoms with Gasteiger partial charge in [0.1, 0.15) is 0 Å². The molecular weight excluding hydrogens is 276 g/mol. The summed E-state index contributed by atoms with van der Waals surface area (Å²) >= 11 is 0. The average Bonchev–Trinajstić information content (AvgIpc) is 2.91. The van der Waals surface area contributed by atoms with Gasteiger partial charge in [0, 0.05) is 25.1 Å². The molecule has 0 aromatic rings. The van der Waals surface area contributed by atoms with Gasteiger partial charge in [-0.05, 0) is 68.1 Å². The maximum absolute atomic E-state index is 12.2. The van der Waals surface area contributed by atoms with Crippen molar-refractivity contribution in [1.82, 2.24) is 10.6 Å². The number of carbonyl (C=O) groups is 1. The number of hydrogen-bond acceptors (Lipinski definition) is 2. The molecule has 3 N–H and O–H groups in total. The van der Waals surface area contributed by atoms with Gasteiger partial charge in [-0.3, -0.25) is 0 Å². The van der Waals surface area contributed by atoms with Crippen LogP contribution in [0.25, 0.3) is 0 Å². The van der Waals surface area contributed by atoms with Gasteiger partial charge in [-0.25, -0.2) is 4.79 Å². The van der Waals surface area contributed by atoms with E-state index in [2.05, 4.69) is 10.6 Å². The second kappa shape index (κ2) is 5.55. The molecular formula is C18H28N2O2. The van der Waals surface area contributed by atoms with E-state index in [1.54, 1.807) is 0 Å². The minimum atomic E-state index is -0.0380. The number of aliphatic hydroxyl groups is 1. The van der Waals surface area contributed by atoms with E-state index in [4.69, 9.17) is 5.11 Å². The van der Waals surface area contributed by atoms with Crippen LogP contribution in [0, 0.1) is 29.1 Å². The van der Waals surface area contributed by atoms with Gasteiger partial charge >= 0.3 is 6.03 Å². The zero-order valence-electron chi connectivity index (χ0n) is 13.3. The molecule has 0 saturated heterocycles. The monoisotopic (exact) mass is 304 g/mol. The van der Waals surface area contributed by atoms with Gasteiger partial charge in [0.25, 0.3) is 0 Å². The van der Waals surface area contributed by atoms with Crippen molar-refractivity contribution < 1.29 is 9.90 Å². The molecule has 4 nitrogen and oxygen atoms in total. The van der Waals surface area contributed by atoms with Crippen molar-refractivity contribution in [2.24, 2.45) is 29.1 Å². The molecule has 122 valence electrons. The molecule has 5 rings (SSSR count). The normalized spacial score (nSPS) is 45.2. The minimum Gasteiger partial charge on any atom is -0.396 e. The summed E-state index contributed by atoms with van der Waals surface area (Å²) in [4.78, 5) is 12.2. The summed E-state index contributed by atoms with van der Waals surface area (Å²) in [7, 11) is 0. The highest BCUT2D eigenvalue weighted by Gasteiger charge is 2.50. The molecule has 2 atom stereocenters. The van der Waals surface area contributed by atoms with Crippen molar-refractivity contribution in [2.75, 3.05) is 13.2 Å². The maximum atomic E-state index is 12.2. The molecule has 4 heteroatoms. The second-order valence-electron chi connectivity index (χ2n) is 8.41. The third-order valence-corrected chi connectivity index (χ3v) is 6.51. The van der Waals surface area contributed by atoms with E-state index in [0.717, 1.165) is 30.7 Å². The van der Waals surface area contributed by atoms with Gasteiger partial charge in [-0.2, -0.15) is 0 Å². The van der Waals surface area contributed by atoms with Gasteiger partial charge in [-0.1, -0.05) is 12.2 Å². The van der Waals surface area contributed by atoms with Gasteiger partial charge in [0.05, 0.1) is 0 Å². The van der Waals surface area contributed by atoms with E-state index in [1.165, 1.54) is 38.5 Å². The Morgan fingerprint density at radius 1 is 1.05 bits per heavy atom. The van der Waals surface area contributed by atoms with Crippen LogP contribution in [0.15, 0.2) is 12.2 Å². The lowest BCUT2D eigenvalue weighted by atomic mass is 9.49. The SMILES string of the molecule is O=C(NCC12CC3CC(CC(C3)C1)C2)N[C@@H]1C=C[C@H](CO)C1. The number of aliphatic hydroxyl groups excluding tert-OH is 1. The quantitative estimate of drug-likeness (QED) is 0.699. The Labute approximate surface area is 132 Å². The standard InChI is InChI=1S/C18H28N2O2/c21-10-12-1-2-16(6-12)20-17(22)19-11-18-7-13-3-14(8-18)5-15(4-13)9-18/h1-2,12-16,21H,3-11H2,(H2,19,20,22)/t12-,13?,14?,15?,16+,18?/m0/s1. The smallest absolute Gasteiger partial charge is 0.315 e. The van der Waals surface area contributed by atoms with Crippen LogP contribution in [0.4, 0.5) is 4.79 Å². The summed E-state index contributed by atoms with van der Waals surface area (Å²) in [5.74, 6) is 2.99. The molecule has 5 aliphatic carbocycles. The number of carbonyl (C=O) groups excluding carboxylic acids is 1. The lowest BCUT2D eigenvalue weighted by Crippen LogP contribution is -2.53. The first kappa shape index (κ1) is 14.6. The highest BCUT2D eigenvalue weighted by Crippen LogP contribution is 2.59. The second-order valence-corrected chi connectivity index (χ2v) is 8.41. The van der Waals surface area contributed by atoms with E-state index in [1.807, 2.05) is 12.2 Å². The van der Waals surface area contributed by atoms with Crippen LogP contribution in [0.2, 0.25) is 0 Å². The van der Waals surface area contributed by atoms with Crippen molar-refractivity contribution in [1.29, 1.82) is 0 Å². The van der Waals surface area contributed by atoms with E-state index in [-0.39, 0.29) is 24.6 Å². The zero-order valence-corrected chi connectivity index (χ0v) is 13.3. The number of rotatable bonds is 4. The molecule has 5 aliphatic rings. The Morgan fingerprint density at radius 3 is 2.23 bits per heavy atom. The molecule has 4 fully saturated rings. The molecule has 0 radical (unpaired) electrons. The molecule has 0 aliphatic heterocycles. The van der Waals surface area contributed by atoms with Crippen LogP contribution in [-0.2, 0) is 0 Å². The van der Waals surface area contributed by atoms with Crippen molar-refractivity contribution in [3.63, 3.8) is 0 Å². The summed E-state index contributed by atoms with van der Waals surface area (Å²) < 4.78 is 0. The van der Waals surface area contributed by atoms with Crippen LogP contribution < -0.4 is 10.6 Å². The topological polar surface area (TPSA) is 61.4 Å². The summed E-state index contributed by atoms with van der Waals surface area (Å²) in [6.07, 6.45) is 13.2. The number of amides is 2. The summed E-state index contributed by atoms with van der Waals surface area (Å²) in [6.45, 7) is 1.02. The Hall–Kier alpha value is -1.03. The van der Waals surface area contributed by atoms with Gasteiger partial charge in [0.15, 0.2) is 0 Å². The molecule has 0 aromatic heterocycles. The predicted octanol–water partition coefficient (Wildman–Crippen LogP) is 2.44. The van der Waals surface area contributed by atoms with Gasteiger partial charge in [-0.15, -0.1) is 0 Å². The number of urea groups is 1. The van der Waals surface area contributed by atoms with Crippen LogP contribution in [-0.4, -0.2) is 30.3 Å². The van der Waals surface area contributed by atoms with Crippen molar-refractivity contribution in [3.05, 3.63) is 12.2 Å². The summed E-state index contributed by atoms with van der Waals surface area (Å²) in [6, 6.07) is 0.0394. The Kier molecular flexibility index (Phi) is 3.67. The summed E-state index contributed by atoms with van der Waals surface area (Å²) in [5, 5.41) is 15.3. The van der Waals surface area contributed by atoms with Crippen LogP contribution in [0.1, 0.15) is 44.9 Å². The Bertz CT molecular complexity index is 438. The van der Waals surface area contributed by atoms with Crippen molar-refractivity contribution in [2.45, 2.75) is 51.0 Å². The third-order valence-electron chi connectivity index (χ3n) is 6.51. The molecule has 0 heterocycles. The van der Waals surface area contributed by atoms with E-state index in [9.17, 15) is 4.79 Å². The first-order valence-corrected chi connectivity index (χ1v) is 8.98. The van der Waals surface area contributed by atoms with E-state index < -0.39 is 0 Å². The molecule has 0 aromatic carbocycles. The molecule has 0 unspecified atom stereocenters. The molecule has 0 spiro atoms. The average molecular weight is 304 g/mol. The fourth-order valence-corrected chi connectivity index (χ4v) is 6.01. The molecule has 2 amide bonds. The fourth-order valence-electron chi connectivity index (χ4n) is 6.01. The van der Waals surface area contributed by atoms with E-state index in [0.29, 0.717) is 5.41 Å². The maximum Gasteiger partial charge on any atom is 0.315 e. The predicted molar refractivity (Wildman–Crippen MR) is 85.3 cm³/mol. The molecule has 4 bridgehead atoms. The van der Waals surface area contributed by atoms with E-state index >= 15 is 0 Å². The number of hydrogen-bond donors (Lipinski definition) is 3. The van der Waals surface area contributed by atoms with Crippen molar-refractivity contribution in [3.8, 4) is 0 Å². The van der Waals surface area contributed by atoms with Gasteiger partial charge < -0.3 is 15.7 Å². The zero-order chi connectivity index (χ0) is 15.2. The largest absolute Gasteiger partial charge is 0.396 e. The highest BCUT2D eigenvalue weighted by molar-refractivity contribution is 5.74. The minimum absolute atomic E-state index is 0.0380. The summed E-state index contributed by atoms with van der Waals surface area (Å²) in [5.41, 5.74) is 0.394. The number of nitrogens with one attached hydrogen (secondary N) is 2. The first-order chi connectivity index (χ1) is 10.6. The Morgan fingerprint density at radius 2 is 1.68 bits per heavy atom. The van der Waals surface area contributed by atoms with Gasteiger partial charge in [0.2, 0.25) is 0 Å². The lowest BCUT2D eigenvalue weighted by molar-refractivity contribution is -0.0498. The van der Waals surface area contributed by atoms with Crippen LogP contribution >= 0.6 is 0 Å². The molecule has 22 heavy (non-hydrogen) atoms. The molecule has 4 saturated carbocycles. The van der Waals surface area contributed by atoms with Crippen LogP contribution in [0.5, 0.6) is 0 Å². The fraction of sp³-hybridized carbons (Fsp3) is 0.833.